The number of carbonyl (C=O) groups excluding carboxylic acids is 1. The van der Waals surface area contributed by atoms with Crippen molar-refractivity contribution in [1.82, 2.24) is 0 Å². The van der Waals surface area contributed by atoms with Gasteiger partial charge in [-0.1, -0.05) is 6.92 Å². The van der Waals surface area contributed by atoms with Crippen LogP contribution in [0.3, 0.4) is 0 Å². The molecule has 68 valence electrons. The normalized spacial score (nSPS) is 19.5. The first kappa shape index (κ1) is 9.81. The average Bonchev–Trinajstić information content (AvgIpc) is 2.47. The standard InChI is InChI=1S/C9H14O2S/c1-7(5-10)6-12-9-3-2-8(11)4-9/h4,7,10H,2-3,5-6H2,1H3. The first-order chi connectivity index (χ1) is 5.72. The van der Waals surface area contributed by atoms with Gasteiger partial charge in [-0.2, -0.15) is 0 Å². The Morgan fingerprint density at radius 1 is 1.67 bits per heavy atom. The predicted octanol–water partition coefficient (Wildman–Crippen LogP) is 1.59. The highest BCUT2D eigenvalue weighted by Gasteiger charge is 2.12. The van der Waals surface area contributed by atoms with E-state index in [0.29, 0.717) is 12.3 Å². The third-order valence-electron chi connectivity index (χ3n) is 1.80. The minimum atomic E-state index is 0.230. The van der Waals surface area contributed by atoms with Crippen LogP contribution in [0.4, 0.5) is 0 Å². The molecule has 0 heterocycles. The van der Waals surface area contributed by atoms with Crippen LogP contribution in [0.1, 0.15) is 19.8 Å². The molecule has 1 rings (SSSR count). The number of allylic oxidation sites excluding steroid dienone is 2. The summed E-state index contributed by atoms with van der Waals surface area (Å²) in [7, 11) is 0. The Balaban J connectivity index is 2.24. The highest BCUT2D eigenvalue weighted by molar-refractivity contribution is 8.03. The van der Waals surface area contributed by atoms with E-state index in [-0.39, 0.29) is 12.4 Å². The van der Waals surface area contributed by atoms with Gasteiger partial charge in [0.15, 0.2) is 5.78 Å². The molecular formula is C9H14O2S. The molecule has 0 saturated heterocycles. The topological polar surface area (TPSA) is 37.3 Å². The summed E-state index contributed by atoms with van der Waals surface area (Å²) < 4.78 is 0. The largest absolute Gasteiger partial charge is 0.396 e. The Labute approximate surface area is 77.0 Å². The lowest BCUT2D eigenvalue weighted by molar-refractivity contribution is -0.114. The highest BCUT2D eigenvalue weighted by atomic mass is 32.2. The summed E-state index contributed by atoms with van der Waals surface area (Å²) in [4.78, 5) is 12.0. The van der Waals surface area contributed by atoms with Gasteiger partial charge < -0.3 is 5.11 Å². The molecule has 0 spiro atoms. The molecule has 1 atom stereocenters. The van der Waals surface area contributed by atoms with E-state index >= 15 is 0 Å². The zero-order chi connectivity index (χ0) is 8.97. The van der Waals surface area contributed by atoms with Gasteiger partial charge in [0.1, 0.15) is 0 Å². The van der Waals surface area contributed by atoms with Gasteiger partial charge in [-0.15, -0.1) is 11.8 Å². The number of carbonyl (C=O) groups is 1. The molecule has 0 fully saturated rings. The van der Waals surface area contributed by atoms with Crippen molar-refractivity contribution in [1.29, 1.82) is 0 Å². The first-order valence-corrected chi connectivity index (χ1v) is 5.18. The third-order valence-corrected chi connectivity index (χ3v) is 3.23. The van der Waals surface area contributed by atoms with E-state index in [2.05, 4.69) is 0 Å². The van der Waals surface area contributed by atoms with Gasteiger partial charge in [0.05, 0.1) is 0 Å². The summed E-state index contributed by atoms with van der Waals surface area (Å²) in [5, 5.41) is 8.76. The number of aliphatic hydroxyl groups is 1. The molecule has 1 aliphatic rings. The van der Waals surface area contributed by atoms with Gasteiger partial charge in [0.25, 0.3) is 0 Å². The molecule has 0 aromatic heterocycles. The monoisotopic (exact) mass is 186 g/mol. The molecule has 0 saturated carbocycles. The maximum atomic E-state index is 10.8. The lowest BCUT2D eigenvalue weighted by atomic mass is 10.2. The summed E-state index contributed by atoms with van der Waals surface area (Å²) in [6.07, 6.45) is 3.31. The van der Waals surface area contributed by atoms with E-state index in [1.165, 1.54) is 4.91 Å². The molecule has 0 bridgehead atoms. The maximum absolute atomic E-state index is 10.8. The smallest absolute Gasteiger partial charge is 0.156 e. The van der Waals surface area contributed by atoms with E-state index < -0.39 is 0 Å². The zero-order valence-electron chi connectivity index (χ0n) is 7.25. The summed E-state index contributed by atoms with van der Waals surface area (Å²) in [6, 6.07) is 0. The molecule has 2 nitrogen and oxygen atoms in total. The molecular weight excluding hydrogens is 172 g/mol. The Bertz CT molecular complexity index is 199. The quantitative estimate of drug-likeness (QED) is 0.724. The van der Waals surface area contributed by atoms with Crippen LogP contribution >= 0.6 is 11.8 Å². The Morgan fingerprint density at radius 3 is 2.92 bits per heavy atom. The molecule has 1 N–H and O–H groups in total. The van der Waals surface area contributed by atoms with Gasteiger partial charge in [-0.3, -0.25) is 4.79 Å². The Morgan fingerprint density at radius 2 is 2.42 bits per heavy atom. The number of hydrogen-bond acceptors (Lipinski definition) is 3. The fraction of sp³-hybridized carbons (Fsp3) is 0.667. The molecule has 1 unspecified atom stereocenters. The first-order valence-electron chi connectivity index (χ1n) is 4.19. The fourth-order valence-electron chi connectivity index (χ4n) is 0.986. The molecule has 1 aliphatic carbocycles. The fourth-order valence-corrected chi connectivity index (χ4v) is 2.05. The van der Waals surface area contributed by atoms with Crippen LogP contribution in [0.5, 0.6) is 0 Å². The van der Waals surface area contributed by atoms with Crippen LogP contribution in [0.15, 0.2) is 11.0 Å². The second-order valence-electron chi connectivity index (χ2n) is 3.18. The minimum absolute atomic E-state index is 0.230. The van der Waals surface area contributed by atoms with Gasteiger partial charge in [0.2, 0.25) is 0 Å². The number of hydrogen-bond donors (Lipinski definition) is 1. The van der Waals surface area contributed by atoms with E-state index in [9.17, 15) is 4.79 Å². The number of rotatable bonds is 4. The van der Waals surface area contributed by atoms with Crippen LogP contribution in [0.25, 0.3) is 0 Å². The molecule has 0 radical (unpaired) electrons. The van der Waals surface area contributed by atoms with E-state index in [1.807, 2.05) is 6.92 Å². The molecule has 0 aliphatic heterocycles. The average molecular weight is 186 g/mol. The maximum Gasteiger partial charge on any atom is 0.156 e. The lowest BCUT2D eigenvalue weighted by Gasteiger charge is -2.06. The molecule has 0 aromatic rings. The van der Waals surface area contributed by atoms with Gasteiger partial charge in [0, 0.05) is 18.8 Å². The van der Waals surface area contributed by atoms with Crippen molar-refractivity contribution in [3.63, 3.8) is 0 Å². The van der Waals surface area contributed by atoms with Crippen LogP contribution < -0.4 is 0 Å². The SMILES string of the molecule is CC(CO)CSC1=CC(=O)CC1. The van der Waals surface area contributed by atoms with Crippen molar-refractivity contribution < 1.29 is 9.90 Å². The highest BCUT2D eigenvalue weighted by Crippen LogP contribution is 2.27. The second-order valence-corrected chi connectivity index (χ2v) is 4.32. The zero-order valence-corrected chi connectivity index (χ0v) is 8.06. The number of aliphatic hydroxyl groups excluding tert-OH is 1. The van der Waals surface area contributed by atoms with E-state index in [1.54, 1.807) is 17.8 Å². The molecule has 0 amide bonds. The molecule has 0 aromatic carbocycles. The summed E-state index contributed by atoms with van der Waals surface area (Å²) in [6.45, 7) is 2.23. The third kappa shape index (κ3) is 2.99. The number of ketones is 1. The summed E-state index contributed by atoms with van der Waals surface area (Å²) in [5.74, 6) is 1.48. The van der Waals surface area contributed by atoms with Crippen LogP contribution in [-0.2, 0) is 4.79 Å². The summed E-state index contributed by atoms with van der Waals surface area (Å²) >= 11 is 1.70. The van der Waals surface area contributed by atoms with Crippen molar-refractivity contribution in [2.24, 2.45) is 5.92 Å². The van der Waals surface area contributed by atoms with E-state index in [0.717, 1.165) is 12.2 Å². The number of thioether (sulfide) groups is 1. The van der Waals surface area contributed by atoms with Crippen molar-refractivity contribution in [2.75, 3.05) is 12.4 Å². The summed E-state index contributed by atoms with van der Waals surface area (Å²) in [5.41, 5.74) is 0. The lowest BCUT2D eigenvalue weighted by Crippen LogP contribution is -2.03. The van der Waals surface area contributed by atoms with Crippen LogP contribution in [-0.4, -0.2) is 23.2 Å². The van der Waals surface area contributed by atoms with Crippen molar-refractivity contribution in [2.45, 2.75) is 19.8 Å². The van der Waals surface area contributed by atoms with Gasteiger partial charge in [-0.25, -0.2) is 0 Å². The van der Waals surface area contributed by atoms with Gasteiger partial charge in [-0.05, 0) is 23.3 Å². The van der Waals surface area contributed by atoms with Crippen LogP contribution in [0, 0.1) is 5.92 Å². The Hall–Kier alpha value is -0.280. The minimum Gasteiger partial charge on any atom is -0.396 e. The van der Waals surface area contributed by atoms with Gasteiger partial charge >= 0.3 is 0 Å². The van der Waals surface area contributed by atoms with E-state index in [4.69, 9.17) is 5.11 Å². The molecule has 3 heteroatoms. The van der Waals surface area contributed by atoms with Crippen molar-refractivity contribution in [3.8, 4) is 0 Å². The predicted molar refractivity (Wildman–Crippen MR) is 51.0 cm³/mol. The Kier molecular flexibility index (Phi) is 3.82. The molecule has 12 heavy (non-hydrogen) atoms. The second kappa shape index (κ2) is 4.67. The van der Waals surface area contributed by atoms with Crippen molar-refractivity contribution >= 4 is 17.5 Å². The van der Waals surface area contributed by atoms with Crippen LogP contribution in [0.2, 0.25) is 0 Å². The van der Waals surface area contributed by atoms with Crippen molar-refractivity contribution in [3.05, 3.63) is 11.0 Å².